The van der Waals surface area contributed by atoms with Gasteiger partial charge in [-0.3, -0.25) is 4.79 Å². The largest absolute Gasteiger partial charge is 0.475 e. The van der Waals surface area contributed by atoms with E-state index in [1.165, 1.54) is 6.07 Å². The average molecular weight is 395 g/mol. The Balaban J connectivity index is 1.78. The van der Waals surface area contributed by atoms with Gasteiger partial charge in [-0.25, -0.2) is 9.37 Å². The molecule has 128 valence electrons. The first-order chi connectivity index (χ1) is 11.4. The summed E-state index contributed by atoms with van der Waals surface area (Å²) in [6, 6.07) is 8.49. The van der Waals surface area contributed by atoms with Gasteiger partial charge in [0.1, 0.15) is 5.82 Å². The number of hydrogen-bond acceptors (Lipinski definition) is 3. The van der Waals surface area contributed by atoms with Gasteiger partial charge in [-0.15, -0.1) is 0 Å². The first kappa shape index (κ1) is 18.4. The highest BCUT2D eigenvalue weighted by molar-refractivity contribution is 9.10. The molecule has 1 heterocycles. The number of aryl methyl sites for hydroxylation is 1. The number of amides is 1. The van der Waals surface area contributed by atoms with Gasteiger partial charge in [-0.05, 0) is 43.5 Å². The van der Waals surface area contributed by atoms with Crippen LogP contribution >= 0.6 is 15.9 Å². The molecular weight excluding hydrogens is 375 g/mol. The van der Waals surface area contributed by atoms with E-state index in [2.05, 4.69) is 26.2 Å². The zero-order valence-electron chi connectivity index (χ0n) is 13.7. The summed E-state index contributed by atoms with van der Waals surface area (Å²) in [6.07, 6.45) is 2.35. The molecule has 2 rings (SSSR count). The second-order valence-corrected chi connectivity index (χ2v) is 6.60. The fraction of sp³-hybridized carbons (Fsp3) is 0.333. The summed E-state index contributed by atoms with van der Waals surface area (Å²) in [7, 11) is 0. The molecule has 1 aromatic heterocycles. The van der Waals surface area contributed by atoms with Gasteiger partial charge in [0.05, 0.1) is 6.10 Å². The number of nitrogens with zero attached hydrogens (tertiary/aromatic N) is 1. The zero-order chi connectivity index (χ0) is 17.5. The van der Waals surface area contributed by atoms with Crippen LogP contribution in [0.3, 0.4) is 0 Å². The van der Waals surface area contributed by atoms with E-state index in [4.69, 9.17) is 4.74 Å². The van der Waals surface area contributed by atoms with E-state index in [9.17, 15) is 9.18 Å². The van der Waals surface area contributed by atoms with Crippen molar-refractivity contribution in [3.63, 3.8) is 0 Å². The maximum Gasteiger partial charge on any atom is 0.220 e. The molecule has 24 heavy (non-hydrogen) atoms. The van der Waals surface area contributed by atoms with Gasteiger partial charge in [0.15, 0.2) is 0 Å². The third-order valence-corrected chi connectivity index (χ3v) is 3.77. The highest BCUT2D eigenvalue weighted by atomic mass is 79.9. The molecule has 1 N–H and O–H groups in total. The fourth-order valence-corrected chi connectivity index (χ4v) is 2.42. The molecule has 2 aromatic rings. The van der Waals surface area contributed by atoms with Crippen LogP contribution in [0.2, 0.25) is 0 Å². The topological polar surface area (TPSA) is 51.2 Å². The van der Waals surface area contributed by atoms with Crippen molar-refractivity contribution in [3.8, 4) is 5.88 Å². The van der Waals surface area contributed by atoms with Gasteiger partial charge in [0, 0.05) is 29.7 Å². The molecule has 0 fully saturated rings. The molecule has 0 radical (unpaired) electrons. The van der Waals surface area contributed by atoms with Gasteiger partial charge >= 0.3 is 0 Å². The van der Waals surface area contributed by atoms with Crippen LogP contribution in [0.5, 0.6) is 5.88 Å². The minimum absolute atomic E-state index is 0.0714. The molecule has 0 saturated carbocycles. The molecule has 0 unspecified atom stereocenters. The predicted molar refractivity (Wildman–Crippen MR) is 94.3 cm³/mol. The highest BCUT2D eigenvalue weighted by Crippen LogP contribution is 2.16. The summed E-state index contributed by atoms with van der Waals surface area (Å²) in [5.74, 6) is 0.132. The lowest BCUT2D eigenvalue weighted by atomic mass is 10.1. The Kier molecular flexibility index (Phi) is 6.73. The Morgan fingerprint density at radius 3 is 2.75 bits per heavy atom. The Morgan fingerprint density at radius 2 is 2.12 bits per heavy atom. The quantitative estimate of drug-likeness (QED) is 0.771. The van der Waals surface area contributed by atoms with E-state index >= 15 is 0 Å². The SMILES string of the molecule is CC(C)Oc1ccc(CNC(=O)CCc2ccc(Br)cc2F)cn1. The Labute approximate surface area is 149 Å². The van der Waals surface area contributed by atoms with E-state index < -0.39 is 0 Å². The van der Waals surface area contributed by atoms with Gasteiger partial charge < -0.3 is 10.1 Å². The highest BCUT2D eigenvalue weighted by Gasteiger charge is 2.07. The van der Waals surface area contributed by atoms with Crippen LogP contribution in [0.4, 0.5) is 4.39 Å². The van der Waals surface area contributed by atoms with Crippen molar-refractivity contribution in [2.24, 2.45) is 0 Å². The summed E-state index contributed by atoms with van der Waals surface area (Å²) in [4.78, 5) is 16.1. The molecular formula is C18H20BrFN2O2. The van der Waals surface area contributed by atoms with E-state index in [0.717, 1.165) is 5.56 Å². The molecule has 1 amide bonds. The number of hydrogen-bond donors (Lipinski definition) is 1. The Morgan fingerprint density at radius 1 is 1.33 bits per heavy atom. The van der Waals surface area contributed by atoms with Crippen molar-refractivity contribution in [1.82, 2.24) is 10.3 Å². The summed E-state index contributed by atoms with van der Waals surface area (Å²) in [5, 5.41) is 2.81. The van der Waals surface area contributed by atoms with Crippen LogP contribution < -0.4 is 10.1 Å². The number of halogens is 2. The maximum absolute atomic E-state index is 13.7. The van der Waals surface area contributed by atoms with Gasteiger partial charge in [-0.2, -0.15) is 0 Å². The fourth-order valence-electron chi connectivity index (χ4n) is 2.09. The maximum atomic E-state index is 13.7. The second kappa shape index (κ2) is 8.78. The van der Waals surface area contributed by atoms with Crippen molar-refractivity contribution in [2.45, 2.75) is 39.3 Å². The van der Waals surface area contributed by atoms with Crippen LogP contribution in [-0.2, 0) is 17.8 Å². The number of benzene rings is 1. The molecule has 6 heteroatoms. The van der Waals surface area contributed by atoms with Crippen molar-refractivity contribution in [3.05, 3.63) is 57.9 Å². The number of carbonyl (C=O) groups is 1. The predicted octanol–water partition coefficient (Wildman–Crippen LogP) is 4.02. The summed E-state index contributed by atoms with van der Waals surface area (Å²) < 4.78 is 19.8. The third kappa shape index (κ3) is 5.92. The van der Waals surface area contributed by atoms with Crippen molar-refractivity contribution in [2.75, 3.05) is 0 Å². The van der Waals surface area contributed by atoms with Crippen LogP contribution in [0, 0.1) is 5.82 Å². The lowest BCUT2D eigenvalue weighted by Gasteiger charge is -2.09. The lowest BCUT2D eigenvalue weighted by Crippen LogP contribution is -2.23. The first-order valence-corrected chi connectivity index (χ1v) is 8.55. The normalized spacial score (nSPS) is 10.7. The number of ether oxygens (including phenoxy) is 1. The lowest BCUT2D eigenvalue weighted by molar-refractivity contribution is -0.121. The number of nitrogens with one attached hydrogen (secondary N) is 1. The van der Waals surface area contributed by atoms with Crippen LogP contribution in [0.15, 0.2) is 41.0 Å². The number of rotatable bonds is 7. The van der Waals surface area contributed by atoms with E-state index in [1.807, 2.05) is 19.9 Å². The average Bonchev–Trinajstić information content (AvgIpc) is 2.53. The molecule has 0 atom stereocenters. The monoisotopic (exact) mass is 394 g/mol. The van der Waals surface area contributed by atoms with Crippen molar-refractivity contribution >= 4 is 21.8 Å². The summed E-state index contributed by atoms with van der Waals surface area (Å²) in [6.45, 7) is 4.25. The third-order valence-electron chi connectivity index (χ3n) is 3.28. The Hall–Kier alpha value is -1.95. The van der Waals surface area contributed by atoms with Crippen LogP contribution in [0.1, 0.15) is 31.4 Å². The molecule has 0 aliphatic carbocycles. The smallest absolute Gasteiger partial charge is 0.220 e. The van der Waals surface area contributed by atoms with Gasteiger partial charge in [-0.1, -0.05) is 28.1 Å². The van der Waals surface area contributed by atoms with Crippen molar-refractivity contribution in [1.29, 1.82) is 0 Å². The van der Waals surface area contributed by atoms with Crippen LogP contribution in [-0.4, -0.2) is 17.0 Å². The van der Waals surface area contributed by atoms with Crippen molar-refractivity contribution < 1.29 is 13.9 Å². The number of pyridine rings is 1. The number of aromatic nitrogens is 1. The van der Waals surface area contributed by atoms with E-state index in [0.29, 0.717) is 28.9 Å². The van der Waals surface area contributed by atoms with Crippen LogP contribution in [0.25, 0.3) is 0 Å². The zero-order valence-corrected chi connectivity index (χ0v) is 15.3. The van der Waals surface area contributed by atoms with E-state index in [1.54, 1.807) is 24.4 Å². The Bertz CT molecular complexity index is 690. The first-order valence-electron chi connectivity index (χ1n) is 7.76. The van der Waals surface area contributed by atoms with E-state index in [-0.39, 0.29) is 24.2 Å². The molecule has 1 aromatic carbocycles. The molecule has 0 saturated heterocycles. The molecule has 0 spiro atoms. The molecule has 0 aliphatic rings. The summed E-state index contributed by atoms with van der Waals surface area (Å²) >= 11 is 3.21. The molecule has 0 aliphatic heterocycles. The van der Waals surface area contributed by atoms with Gasteiger partial charge in [0.25, 0.3) is 0 Å². The minimum atomic E-state index is -0.304. The summed E-state index contributed by atoms with van der Waals surface area (Å²) in [5.41, 5.74) is 1.42. The minimum Gasteiger partial charge on any atom is -0.475 e. The van der Waals surface area contributed by atoms with Gasteiger partial charge in [0.2, 0.25) is 11.8 Å². The second-order valence-electron chi connectivity index (χ2n) is 5.68. The molecule has 0 bridgehead atoms. The standard InChI is InChI=1S/C18H20BrFN2O2/c1-12(2)24-18-8-3-13(11-22-18)10-21-17(23)7-5-14-4-6-15(19)9-16(14)20/h3-4,6,8-9,11-12H,5,7,10H2,1-2H3,(H,21,23). The molecule has 4 nitrogen and oxygen atoms in total. The number of carbonyl (C=O) groups excluding carboxylic acids is 1.